The third-order valence-electron chi connectivity index (χ3n) is 3.05. The Kier molecular flexibility index (Phi) is 2.85. The largest absolute Gasteiger partial charge is 0.481 e. The third-order valence-corrected chi connectivity index (χ3v) is 3.05. The highest BCUT2D eigenvalue weighted by atomic mass is 16.4. The molecule has 0 aliphatic carbocycles. The molecule has 0 radical (unpaired) electrons. The molecule has 90 valence electrons. The first-order valence-electron chi connectivity index (χ1n) is 5.39. The molecule has 0 bridgehead atoms. The Bertz CT molecular complexity index is 485. The zero-order valence-corrected chi connectivity index (χ0v) is 9.51. The van der Waals surface area contributed by atoms with Gasteiger partial charge in [-0.3, -0.25) is 9.59 Å². The molecule has 0 spiro atoms. The van der Waals surface area contributed by atoms with E-state index in [1.807, 2.05) is 18.2 Å². The second-order valence-electron chi connectivity index (χ2n) is 4.12. The quantitative estimate of drug-likeness (QED) is 0.805. The number of rotatable bonds is 3. The first kappa shape index (κ1) is 11.6. The van der Waals surface area contributed by atoms with Crippen LogP contribution < -0.4 is 10.6 Å². The van der Waals surface area contributed by atoms with E-state index in [0.29, 0.717) is 6.42 Å². The highest BCUT2D eigenvalue weighted by Gasteiger charge is 2.33. The van der Waals surface area contributed by atoms with Crippen LogP contribution in [-0.4, -0.2) is 24.0 Å². The molecule has 1 unspecified atom stereocenters. The summed E-state index contributed by atoms with van der Waals surface area (Å²) in [6.07, 6.45) is 0.439. The van der Waals surface area contributed by atoms with E-state index in [1.54, 1.807) is 7.05 Å². The van der Waals surface area contributed by atoms with Crippen LogP contribution in [0.2, 0.25) is 0 Å². The van der Waals surface area contributed by atoms with Crippen LogP contribution in [0.4, 0.5) is 5.69 Å². The zero-order valence-electron chi connectivity index (χ0n) is 9.51. The molecule has 3 N–H and O–H groups in total. The molecule has 5 nitrogen and oxygen atoms in total. The second-order valence-corrected chi connectivity index (χ2v) is 4.12. The lowest BCUT2D eigenvalue weighted by atomic mass is 9.98. The number of nitrogens with zero attached hydrogens (tertiary/aromatic N) is 1. The van der Waals surface area contributed by atoms with E-state index in [1.165, 1.54) is 4.90 Å². The first-order chi connectivity index (χ1) is 8.02. The molecule has 1 aromatic carbocycles. The molecule has 0 fully saturated rings. The van der Waals surface area contributed by atoms with Crippen molar-refractivity contribution in [3.05, 3.63) is 29.3 Å². The number of hydrogen-bond donors (Lipinski definition) is 2. The summed E-state index contributed by atoms with van der Waals surface area (Å²) in [5.41, 5.74) is 8.24. The van der Waals surface area contributed by atoms with Crippen LogP contribution in [0.5, 0.6) is 0 Å². The van der Waals surface area contributed by atoms with Crippen molar-refractivity contribution in [1.29, 1.82) is 0 Å². The van der Waals surface area contributed by atoms with Gasteiger partial charge in [0.15, 0.2) is 0 Å². The SMILES string of the molecule is CN1C(=O)C(N)c2c(CCC(=O)O)cccc21. The van der Waals surface area contributed by atoms with Crippen LogP contribution in [0.15, 0.2) is 18.2 Å². The Morgan fingerprint density at radius 1 is 1.53 bits per heavy atom. The predicted molar refractivity (Wildman–Crippen MR) is 62.7 cm³/mol. The fourth-order valence-corrected chi connectivity index (χ4v) is 2.16. The van der Waals surface area contributed by atoms with Gasteiger partial charge in [-0.1, -0.05) is 12.1 Å². The molecule has 5 heteroatoms. The number of hydrogen-bond acceptors (Lipinski definition) is 3. The standard InChI is InChI=1S/C12H14N2O3/c1-14-8-4-2-3-7(5-6-9(15)16)10(8)11(13)12(14)17/h2-4,11H,5-6,13H2,1H3,(H,15,16). The van der Waals surface area contributed by atoms with E-state index >= 15 is 0 Å². The highest BCUT2D eigenvalue weighted by Crippen LogP contribution is 2.36. The number of aryl methyl sites for hydroxylation is 1. The van der Waals surface area contributed by atoms with E-state index in [9.17, 15) is 9.59 Å². The summed E-state index contributed by atoms with van der Waals surface area (Å²) < 4.78 is 0. The number of aliphatic carboxylic acids is 1. The van der Waals surface area contributed by atoms with Gasteiger partial charge in [-0.25, -0.2) is 0 Å². The van der Waals surface area contributed by atoms with E-state index in [-0.39, 0.29) is 12.3 Å². The molecule has 1 atom stereocenters. The molecule has 0 aromatic heterocycles. The van der Waals surface area contributed by atoms with Gasteiger partial charge in [0.25, 0.3) is 0 Å². The van der Waals surface area contributed by atoms with Crippen LogP contribution >= 0.6 is 0 Å². The summed E-state index contributed by atoms with van der Waals surface area (Å²) in [5, 5.41) is 8.68. The van der Waals surface area contributed by atoms with Gasteiger partial charge in [0.1, 0.15) is 6.04 Å². The number of fused-ring (bicyclic) bond motifs is 1. The topological polar surface area (TPSA) is 83.6 Å². The number of carbonyl (C=O) groups excluding carboxylic acids is 1. The van der Waals surface area contributed by atoms with Crippen LogP contribution in [0.3, 0.4) is 0 Å². The number of carboxylic acid groups (broad SMARTS) is 1. The van der Waals surface area contributed by atoms with Gasteiger partial charge in [0, 0.05) is 24.7 Å². The molecule has 1 heterocycles. The van der Waals surface area contributed by atoms with E-state index in [0.717, 1.165) is 16.8 Å². The molecule has 1 aliphatic rings. The van der Waals surface area contributed by atoms with Crippen molar-refractivity contribution in [3.8, 4) is 0 Å². The Morgan fingerprint density at radius 2 is 2.24 bits per heavy atom. The Morgan fingerprint density at radius 3 is 2.88 bits per heavy atom. The molecule has 1 amide bonds. The van der Waals surface area contributed by atoms with Crippen molar-refractivity contribution >= 4 is 17.6 Å². The number of nitrogens with two attached hydrogens (primary N) is 1. The maximum atomic E-state index is 11.7. The monoisotopic (exact) mass is 234 g/mol. The minimum atomic E-state index is -0.853. The molecule has 1 aliphatic heterocycles. The van der Waals surface area contributed by atoms with Crippen molar-refractivity contribution in [2.45, 2.75) is 18.9 Å². The lowest BCUT2D eigenvalue weighted by molar-refractivity contribution is -0.137. The van der Waals surface area contributed by atoms with Gasteiger partial charge in [0.05, 0.1) is 0 Å². The molecule has 17 heavy (non-hydrogen) atoms. The molecule has 0 saturated heterocycles. The Labute approximate surface area is 98.8 Å². The van der Waals surface area contributed by atoms with E-state index in [4.69, 9.17) is 10.8 Å². The summed E-state index contributed by atoms with van der Waals surface area (Å²) in [6.45, 7) is 0. The molecule has 1 aromatic rings. The van der Waals surface area contributed by atoms with E-state index in [2.05, 4.69) is 0 Å². The molecular weight excluding hydrogens is 220 g/mol. The van der Waals surface area contributed by atoms with Crippen molar-refractivity contribution in [2.75, 3.05) is 11.9 Å². The van der Waals surface area contributed by atoms with Crippen LogP contribution in [0, 0.1) is 0 Å². The summed E-state index contributed by atoms with van der Waals surface area (Å²) >= 11 is 0. The van der Waals surface area contributed by atoms with Crippen LogP contribution in [0.25, 0.3) is 0 Å². The van der Waals surface area contributed by atoms with Gasteiger partial charge in [-0.2, -0.15) is 0 Å². The molecular formula is C12H14N2O3. The highest BCUT2D eigenvalue weighted by molar-refractivity contribution is 6.04. The maximum Gasteiger partial charge on any atom is 0.303 e. The zero-order chi connectivity index (χ0) is 12.6. The number of carboxylic acids is 1. The Balaban J connectivity index is 2.38. The minimum absolute atomic E-state index is 0.0427. The average Bonchev–Trinajstić information content (AvgIpc) is 2.52. The van der Waals surface area contributed by atoms with Gasteiger partial charge in [-0.15, -0.1) is 0 Å². The van der Waals surface area contributed by atoms with Crippen molar-refractivity contribution in [1.82, 2.24) is 0 Å². The summed E-state index contributed by atoms with van der Waals surface area (Å²) in [7, 11) is 1.68. The third kappa shape index (κ3) is 1.89. The number of amides is 1. The number of anilines is 1. The summed E-state index contributed by atoms with van der Waals surface area (Å²) in [4.78, 5) is 23.8. The van der Waals surface area contributed by atoms with Crippen LogP contribution in [0.1, 0.15) is 23.6 Å². The smallest absolute Gasteiger partial charge is 0.303 e. The fraction of sp³-hybridized carbons (Fsp3) is 0.333. The number of likely N-dealkylation sites (N-methyl/N-ethyl adjacent to an activating group) is 1. The average molecular weight is 234 g/mol. The second kappa shape index (κ2) is 4.18. The first-order valence-corrected chi connectivity index (χ1v) is 5.39. The van der Waals surface area contributed by atoms with Crippen molar-refractivity contribution < 1.29 is 14.7 Å². The van der Waals surface area contributed by atoms with Gasteiger partial charge >= 0.3 is 5.97 Å². The molecule has 2 rings (SSSR count). The van der Waals surface area contributed by atoms with E-state index < -0.39 is 12.0 Å². The summed E-state index contributed by atoms with van der Waals surface area (Å²) in [5.74, 6) is -1.00. The Hall–Kier alpha value is -1.88. The normalized spacial score (nSPS) is 18.4. The van der Waals surface area contributed by atoms with Crippen molar-refractivity contribution in [2.24, 2.45) is 5.73 Å². The van der Waals surface area contributed by atoms with Gasteiger partial charge in [0.2, 0.25) is 5.91 Å². The lowest BCUT2D eigenvalue weighted by Gasteiger charge is -2.10. The van der Waals surface area contributed by atoms with Crippen molar-refractivity contribution in [3.63, 3.8) is 0 Å². The fourth-order valence-electron chi connectivity index (χ4n) is 2.16. The number of benzene rings is 1. The maximum absolute atomic E-state index is 11.7. The van der Waals surface area contributed by atoms with Gasteiger partial charge < -0.3 is 15.7 Å². The minimum Gasteiger partial charge on any atom is -0.481 e. The number of carbonyl (C=O) groups is 2. The lowest BCUT2D eigenvalue weighted by Crippen LogP contribution is -2.28. The summed E-state index contributed by atoms with van der Waals surface area (Å²) in [6, 6.07) is 4.80. The van der Waals surface area contributed by atoms with Gasteiger partial charge in [-0.05, 0) is 18.1 Å². The van der Waals surface area contributed by atoms with Crippen LogP contribution in [-0.2, 0) is 16.0 Å². The predicted octanol–water partition coefficient (Wildman–Crippen LogP) is 0.680. The molecule has 0 saturated carbocycles.